The van der Waals surface area contributed by atoms with Crippen LogP contribution in [0, 0.1) is 5.41 Å². The van der Waals surface area contributed by atoms with Crippen molar-refractivity contribution in [2.24, 2.45) is 5.41 Å². The SMILES string of the molecule is CC1(C)CCCN(C(=O)N2C[C@@H](O)C[C@H]2C(=O)O)CC1. The molecule has 0 saturated carbocycles. The van der Waals surface area contributed by atoms with Crippen molar-refractivity contribution in [3.05, 3.63) is 0 Å². The normalized spacial score (nSPS) is 30.1. The van der Waals surface area contributed by atoms with Crippen molar-refractivity contribution < 1.29 is 19.8 Å². The third-order valence-electron chi connectivity index (χ3n) is 4.42. The number of likely N-dealkylation sites (tertiary alicyclic amines) is 2. The van der Waals surface area contributed by atoms with Gasteiger partial charge in [-0.05, 0) is 24.7 Å². The highest BCUT2D eigenvalue weighted by molar-refractivity contribution is 5.83. The molecule has 2 rings (SSSR count). The first kappa shape index (κ1) is 15.1. The molecule has 0 bridgehead atoms. The van der Waals surface area contributed by atoms with Crippen LogP contribution in [0.25, 0.3) is 0 Å². The van der Waals surface area contributed by atoms with Gasteiger partial charge in [-0.15, -0.1) is 0 Å². The molecule has 2 aliphatic rings. The minimum Gasteiger partial charge on any atom is -0.480 e. The quantitative estimate of drug-likeness (QED) is 0.756. The van der Waals surface area contributed by atoms with Gasteiger partial charge in [0.15, 0.2) is 0 Å². The number of aliphatic hydroxyl groups excluding tert-OH is 1. The number of hydrogen-bond donors (Lipinski definition) is 2. The number of carboxylic acid groups (broad SMARTS) is 1. The first-order chi connectivity index (χ1) is 9.30. The van der Waals surface area contributed by atoms with Crippen LogP contribution in [-0.2, 0) is 4.79 Å². The number of carboxylic acids is 1. The number of aliphatic hydroxyl groups is 1. The highest BCUT2D eigenvalue weighted by Gasteiger charge is 2.41. The van der Waals surface area contributed by atoms with Crippen molar-refractivity contribution in [1.29, 1.82) is 0 Å². The van der Waals surface area contributed by atoms with E-state index in [9.17, 15) is 14.7 Å². The average molecular weight is 284 g/mol. The molecular formula is C14H24N2O4. The molecule has 6 nitrogen and oxygen atoms in total. The van der Waals surface area contributed by atoms with E-state index in [0.29, 0.717) is 13.1 Å². The molecular weight excluding hydrogens is 260 g/mol. The minimum atomic E-state index is -1.04. The van der Waals surface area contributed by atoms with E-state index in [1.807, 2.05) is 0 Å². The Morgan fingerprint density at radius 1 is 1.20 bits per heavy atom. The second-order valence-corrected chi connectivity index (χ2v) is 6.68. The maximum atomic E-state index is 12.5. The molecule has 2 atom stereocenters. The first-order valence-electron chi connectivity index (χ1n) is 7.26. The third-order valence-corrected chi connectivity index (χ3v) is 4.42. The standard InChI is InChI=1S/C14H24N2O4/c1-14(2)4-3-6-15(7-5-14)13(20)16-9-10(17)8-11(16)12(18)19/h10-11,17H,3-9H2,1-2H3,(H,18,19)/t10-,11-/m0/s1. The maximum Gasteiger partial charge on any atom is 0.326 e. The zero-order valence-corrected chi connectivity index (χ0v) is 12.2. The summed E-state index contributed by atoms with van der Waals surface area (Å²) in [7, 11) is 0. The van der Waals surface area contributed by atoms with E-state index in [2.05, 4.69) is 13.8 Å². The third kappa shape index (κ3) is 3.23. The number of nitrogens with zero attached hydrogens (tertiary/aromatic N) is 2. The molecule has 0 unspecified atom stereocenters. The van der Waals surface area contributed by atoms with Crippen molar-refractivity contribution in [3.63, 3.8) is 0 Å². The van der Waals surface area contributed by atoms with Gasteiger partial charge in [0.25, 0.3) is 0 Å². The number of rotatable bonds is 1. The number of aliphatic carboxylic acids is 1. The topological polar surface area (TPSA) is 81.1 Å². The summed E-state index contributed by atoms with van der Waals surface area (Å²) < 4.78 is 0. The smallest absolute Gasteiger partial charge is 0.326 e. The molecule has 2 amide bonds. The Kier molecular flexibility index (Phi) is 4.22. The van der Waals surface area contributed by atoms with E-state index in [1.165, 1.54) is 4.90 Å². The van der Waals surface area contributed by atoms with E-state index in [1.54, 1.807) is 4.90 Å². The largest absolute Gasteiger partial charge is 0.480 e. The van der Waals surface area contributed by atoms with Crippen molar-refractivity contribution in [3.8, 4) is 0 Å². The van der Waals surface area contributed by atoms with Gasteiger partial charge in [-0.1, -0.05) is 13.8 Å². The fourth-order valence-electron chi connectivity index (χ4n) is 3.06. The molecule has 0 aromatic rings. The summed E-state index contributed by atoms with van der Waals surface area (Å²) in [4.78, 5) is 26.7. The molecule has 2 fully saturated rings. The maximum absolute atomic E-state index is 12.5. The Labute approximate surface area is 119 Å². The summed E-state index contributed by atoms with van der Waals surface area (Å²) >= 11 is 0. The highest BCUT2D eigenvalue weighted by Crippen LogP contribution is 2.30. The van der Waals surface area contributed by atoms with Crippen LogP contribution in [0.4, 0.5) is 4.79 Å². The van der Waals surface area contributed by atoms with Gasteiger partial charge in [0.2, 0.25) is 0 Å². The molecule has 20 heavy (non-hydrogen) atoms. The van der Waals surface area contributed by atoms with Crippen molar-refractivity contribution >= 4 is 12.0 Å². The van der Waals surface area contributed by atoms with E-state index >= 15 is 0 Å². The highest BCUT2D eigenvalue weighted by atomic mass is 16.4. The van der Waals surface area contributed by atoms with Crippen molar-refractivity contribution in [2.75, 3.05) is 19.6 Å². The predicted molar refractivity (Wildman–Crippen MR) is 73.4 cm³/mol. The number of urea groups is 1. The van der Waals surface area contributed by atoms with Crippen LogP contribution >= 0.6 is 0 Å². The molecule has 2 saturated heterocycles. The van der Waals surface area contributed by atoms with Crippen LogP contribution in [0.5, 0.6) is 0 Å². The molecule has 0 radical (unpaired) electrons. The summed E-state index contributed by atoms with van der Waals surface area (Å²) in [6.07, 6.45) is 2.32. The lowest BCUT2D eigenvalue weighted by molar-refractivity contribution is -0.141. The van der Waals surface area contributed by atoms with Crippen LogP contribution in [-0.4, -0.2) is 63.8 Å². The van der Waals surface area contributed by atoms with Gasteiger partial charge in [0.05, 0.1) is 6.10 Å². The van der Waals surface area contributed by atoms with Crippen molar-refractivity contribution in [1.82, 2.24) is 9.80 Å². The fourth-order valence-corrected chi connectivity index (χ4v) is 3.06. The van der Waals surface area contributed by atoms with E-state index in [-0.39, 0.29) is 24.4 Å². The minimum absolute atomic E-state index is 0.121. The van der Waals surface area contributed by atoms with Gasteiger partial charge in [-0.3, -0.25) is 0 Å². The van der Waals surface area contributed by atoms with Gasteiger partial charge < -0.3 is 20.0 Å². The molecule has 2 heterocycles. The molecule has 2 aliphatic heterocycles. The molecule has 0 aromatic carbocycles. The Hall–Kier alpha value is -1.30. The van der Waals surface area contributed by atoms with Gasteiger partial charge in [0, 0.05) is 26.1 Å². The van der Waals surface area contributed by atoms with Gasteiger partial charge >= 0.3 is 12.0 Å². The Balaban J connectivity index is 2.05. The second-order valence-electron chi connectivity index (χ2n) is 6.68. The van der Waals surface area contributed by atoms with E-state index in [4.69, 9.17) is 5.11 Å². The Bertz CT molecular complexity index is 397. The van der Waals surface area contributed by atoms with Crippen LogP contribution in [0.15, 0.2) is 0 Å². The van der Waals surface area contributed by atoms with Gasteiger partial charge in [-0.2, -0.15) is 0 Å². The Morgan fingerprint density at radius 3 is 2.55 bits per heavy atom. The average Bonchev–Trinajstić information content (AvgIpc) is 2.65. The lowest BCUT2D eigenvalue weighted by Crippen LogP contribution is -2.48. The summed E-state index contributed by atoms with van der Waals surface area (Å²) in [5, 5.41) is 18.8. The van der Waals surface area contributed by atoms with E-state index < -0.39 is 18.1 Å². The number of carbonyl (C=O) groups is 2. The first-order valence-corrected chi connectivity index (χ1v) is 7.26. The second kappa shape index (κ2) is 5.60. The molecule has 114 valence electrons. The molecule has 0 spiro atoms. The number of β-amino-alcohol motifs (C(OH)–C–C–N with tert-alkyl or cyclic N) is 1. The molecule has 0 aliphatic carbocycles. The zero-order valence-electron chi connectivity index (χ0n) is 12.2. The number of carbonyl (C=O) groups excluding carboxylic acids is 1. The Morgan fingerprint density at radius 2 is 1.90 bits per heavy atom. The summed E-state index contributed by atoms with van der Waals surface area (Å²) in [6.45, 7) is 5.84. The fraction of sp³-hybridized carbons (Fsp3) is 0.857. The number of amides is 2. The summed E-state index contributed by atoms with van der Waals surface area (Å²) in [6, 6.07) is -1.14. The summed E-state index contributed by atoms with van der Waals surface area (Å²) in [5.41, 5.74) is 0.228. The van der Waals surface area contributed by atoms with Gasteiger partial charge in [0.1, 0.15) is 6.04 Å². The molecule has 0 aromatic heterocycles. The van der Waals surface area contributed by atoms with Gasteiger partial charge in [-0.25, -0.2) is 9.59 Å². The number of hydrogen-bond acceptors (Lipinski definition) is 3. The van der Waals surface area contributed by atoms with E-state index in [0.717, 1.165) is 19.3 Å². The van der Waals surface area contributed by atoms with Crippen molar-refractivity contribution in [2.45, 2.75) is 51.7 Å². The van der Waals surface area contributed by atoms with Crippen LogP contribution in [0.1, 0.15) is 39.5 Å². The van der Waals surface area contributed by atoms with Crippen LogP contribution < -0.4 is 0 Å². The lowest BCUT2D eigenvalue weighted by atomic mass is 9.85. The van der Waals surface area contributed by atoms with Crippen LogP contribution in [0.3, 0.4) is 0 Å². The van der Waals surface area contributed by atoms with Crippen LogP contribution in [0.2, 0.25) is 0 Å². The predicted octanol–water partition coefficient (Wildman–Crippen LogP) is 1.14. The monoisotopic (exact) mass is 284 g/mol. The summed E-state index contributed by atoms with van der Waals surface area (Å²) in [5.74, 6) is -1.04. The zero-order chi connectivity index (χ0) is 14.9. The lowest BCUT2D eigenvalue weighted by Gasteiger charge is -2.29. The molecule has 6 heteroatoms. The molecule has 2 N–H and O–H groups in total.